The van der Waals surface area contributed by atoms with Gasteiger partial charge in [-0.3, -0.25) is 4.57 Å². The van der Waals surface area contributed by atoms with Gasteiger partial charge in [0, 0.05) is 5.69 Å². The van der Waals surface area contributed by atoms with Crippen molar-refractivity contribution in [2.75, 3.05) is 19.5 Å². The van der Waals surface area contributed by atoms with Gasteiger partial charge in [-0.15, -0.1) is 0 Å². The average Bonchev–Trinajstić information content (AvgIpc) is 3.16. The lowest BCUT2D eigenvalue weighted by Crippen LogP contribution is -2.15. The van der Waals surface area contributed by atoms with Crippen molar-refractivity contribution in [2.45, 2.75) is 5.16 Å². The number of carbonyl (C=O) groups excluding carboxylic acids is 1. The third-order valence-electron chi connectivity index (χ3n) is 3.70. The molecule has 0 unspecified atom stereocenters. The van der Waals surface area contributed by atoms with Crippen LogP contribution in [-0.4, -0.2) is 35.0 Å². The van der Waals surface area contributed by atoms with Gasteiger partial charge in [-0.25, -0.2) is 9.78 Å². The van der Waals surface area contributed by atoms with E-state index in [9.17, 15) is 4.79 Å². The molecule has 0 aliphatic rings. The van der Waals surface area contributed by atoms with Gasteiger partial charge in [0.2, 0.25) is 0 Å². The maximum Gasteiger partial charge on any atom is 0.357 e. The number of nitriles is 1. The molecular weight excluding hydrogens is 362 g/mol. The summed E-state index contributed by atoms with van der Waals surface area (Å²) in [5.74, 6) is 0.152. The quantitative estimate of drug-likeness (QED) is 0.354. The van der Waals surface area contributed by atoms with Crippen LogP contribution < -0.4 is 4.74 Å². The zero-order valence-electron chi connectivity index (χ0n) is 14.7. The van der Waals surface area contributed by atoms with E-state index in [1.54, 1.807) is 28.8 Å². The first-order chi connectivity index (χ1) is 13.2. The van der Waals surface area contributed by atoms with Crippen molar-refractivity contribution in [1.29, 1.82) is 5.26 Å². The maximum absolute atomic E-state index is 12.5. The lowest BCUT2D eigenvalue weighted by atomic mass is 10.2. The van der Waals surface area contributed by atoms with Crippen LogP contribution in [0.5, 0.6) is 5.75 Å². The zero-order valence-corrected chi connectivity index (χ0v) is 15.5. The minimum absolute atomic E-state index is 0.105. The van der Waals surface area contributed by atoms with Gasteiger partial charge in [0.15, 0.2) is 10.9 Å². The molecule has 1 aromatic heterocycles. The number of aromatic nitrogens is 2. The van der Waals surface area contributed by atoms with E-state index in [2.05, 4.69) is 4.98 Å². The molecule has 0 aliphatic carbocycles. The number of hydrogen-bond acceptors (Lipinski definition) is 6. The Hall–Kier alpha value is -3.24. The van der Waals surface area contributed by atoms with Crippen molar-refractivity contribution in [2.24, 2.45) is 0 Å². The van der Waals surface area contributed by atoms with Crippen LogP contribution in [-0.2, 0) is 4.74 Å². The molecule has 0 saturated heterocycles. The summed E-state index contributed by atoms with van der Waals surface area (Å²) in [5, 5.41) is 9.49. The van der Waals surface area contributed by atoms with Gasteiger partial charge >= 0.3 is 5.97 Å². The van der Waals surface area contributed by atoms with Crippen molar-refractivity contribution in [3.05, 3.63) is 72.1 Å². The Labute approximate surface area is 161 Å². The highest BCUT2D eigenvalue weighted by Gasteiger charge is 2.18. The van der Waals surface area contributed by atoms with Crippen molar-refractivity contribution in [3.8, 4) is 17.5 Å². The molecule has 1 heterocycles. The lowest BCUT2D eigenvalue weighted by molar-refractivity contribution is 0.0440. The highest BCUT2D eigenvalue weighted by Crippen LogP contribution is 2.22. The molecule has 0 radical (unpaired) electrons. The number of carbonyl (C=O) groups is 1. The van der Waals surface area contributed by atoms with E-state index < -0.39 is 5.97 Å². The van der Waals surface area contributed by atoms with E-state index in [-0.39, 0.29) is 13.2 Å². The molecule has 0 bridgehead atoms. The summed E-state index contributed by atoms with van der Waals surface area (Å²) in [6.07, 6.45) is 3.42. The van der Waals surface area contributed by atoms with E-state index in [1.165, 1.54) is 18.0 Å². The van der Waals surface area contributed by atoms with Gasteiger partial charge in [0.05, 0.1) is 17.8 Å². The Morgan fingerprint density at radius 1 is 1.15 bits per heavy atom. The van der Waals surface area contributed by atoms with Gasteiger partial charge in [0.1, 0.15) is 19.0 Å². The summed E-state index contributed by atoms with van der Waals surface area (Å²) < 4.78 is 12.6. The third-order valence-corrected chi connectivity index (χ3v) is 4.36. The fraction of sp³-hybridized carbons (Fsp3) is 0.150. The van der Waals surface area contributed by atoms with Crippen molar-refractivity contribution in [3.63, 3.8) is 0 Å². The van der Waals surface area contributed by atoms with Gasteiger partial charge < -0.3 is 9.47 Å². The number of rotatable bonds is 7. The number of hydrogen-bond donors (Lipinski definition) is 0. The molecule has 0 saturated carbocycles. The summed E-state index contributed by atoms with van der Waals surface area (Å²) >= 11 is 1.45. The second-order valence-corrected chi connectivity index (χ2v) is 6.20. The molecule has 0 aliphatic heterocycles. The van der Waals surface area contributed by atoms with Crippen LogP contribution in [0, 0.1) is 11.3 Å². The van der Waals surface area contributed by atoms with E-state index in [0.29, 0.717) is 22.2 Å². The average molecular weight is 379 g/mol. The summed E-state index contributed by atoms with van der Waals surface area (Å²) in [6, 6.07) is 18.3. The fourth-order valence-corrected chi connectivity index (χ4v) is 2.99. The Kier molecular flexibility index (Phi) is 6.13. The number of imidazole rings is 1. The number of nitrogens with zero attached hydrogens (tertiary/aromatic N) is 3. The molecule has 6 nitrogen and oxygen atoms in total. The van der Waals surface area contributed by atoms with Gasteiger partial charge in [0.25, 0.3) is 0 Å². The summed E-state index contributed by atoms with van der Waals surface area (Å²) in [7, 11) is 0. The summed E-state index contributed by atoms with van der Waals surface area (Å²) in [5.41, 5.74) is 1.77. The second-order valence-electron chi connectivity index (χ2n) is 5.42. The fourth-order valence-electron chi connectivity index (χ4n) is 2.44. The molecule has 7 heteroatoms. The molecule has 3 rings (SSSR count). The van der Waals surface area contributed by atoms with Crippen LogP contribution >= 0.6 is 11.8 Å². The van der Waals surface area contributed by atoms with Crippen LogP contribution in [0.1, 0.15) is 16.1 Å². The first-order valence-electron chi connectivity index (χ1n) is 8.20. The number of ether oxygens (including phenoxy) is 2. The number of benzene rings is 2. The first-order valence-corrected chi connectivity index (χ1v) is 9.42. The lowest BCUT2D eigenvalue weighted by Gasteiger charge is -2.11. The molecular formula is C20H17N3O3S. The Morgan fingerprint density at radius 3 is 2.56 bits per heavy atom. The topological polar surface area (TPSA) is 77.1 Å². The van der Waals surface area contributed by atoms with E-state index in [0.717, 1.165) is 5.69 Å². The highest BCUT2D eigenvalue weighted by atomic mass is 32.2. The molecule has 27 heavy (non-hydrogen) atoms. The SMILES string of the molecule is CSc1ncc(C(=O)OCCOc2ccc(C#N)cc2)n1-c1ccccc1. The van der Waals surface area contributed by atoms with Crippen LogP contribution in [0.4, 0.5) is 0 Å². The highest BCUT2D eigenvalue weighted by molar-refractivity contribution is 7.98. The zero-order chi connectivity index (χ0) is 19.1. The number of thioether (sulfide) groups is 1. The number of para-hydroxylation sites is 1. The number of esters is 1. The van der Waals surface area contributed by atoms with Crippen LogP contribution in [0.25, 0.3) is 5.69 Å². The van der Waals surface area contributed by atoms with Crippen molar-refractivity contribution < 1.29 is 14.3 Å². The van der Waals surface area contributed by atoms with E-state index in [1.807, 2.05) is 42.7 Å². The minimum atomic E-state index is -0.463. The minimum Gasteiger partial charge on any atom is -0.490 e. The van der Waals surface area contributed by atoms with Gasteiger partial charge in [-0.2, -0.15) is 5.26 Å². The molecule has 136 valence electrons. The molecule has 0 spiro atoms. The van der Waals surface area contributed by atoms with Crippen LogP contribution in [0.3, 0.4) is 0 Å². The van der Waals surface area contributed by atoms with Crippen molar-refractivity contribution in [1.82, 2.24) is 9.55 Å². The largest absolute Gasteiger partial charge is 0.490 e. The Bertz CT molecular complexity index is 947. The molecule has 0 atom stereocenters. The molecule has 3 aromatic rings. The summed E-state index contributed by atoms with van der Waals surface area (Å²) in [4.78, 5) is 16.8. The molecule has 2 aromatic carbocycles. The molecule has 0 fully saturated rings. The van der Waals surface area contributed by atoms with Crippen LogP contribution in [0.2, 0.25) is 0 Å². The summed E-state index contributed by atoms with van der Waals surface area (Å²) in [6.45, 7) is 0.319. The molecule has 0 N–H and O–H groups in total. The monoisotopic (exact) mass is 379 g/mol. The third kappa shape index (κ3) is 4.49. The van der Waals surface area contributed by atoms with E-state index >= 15 is 0 Å². The van der Waals surface area contributed by atoms with Crippen molar-refractivity contribution >= 4 is 17.7 Å². The maximum atomic E-state index is 12.5. The predicted molar refractivity (Wildman–Crippen MR) is 102 cm³/mol. The van der Waals surface area contributed by atoms with E-state index in [4.69, 9.17) is 14.7 Å². The predicted octanol–water partition coefficient (Wildman–Crippen LogP) is 3.70. The first kappa shape index (κ1) is 18.5. The smallest absolute Gasteiger partial charge is 0.357 e. The van der Waals surface area contributed by atoms with Gasteiger partial charge in [-0.05, 0) is 42.7 Å². The Balaban J connectivity index is 1.61. The second kappa shape index (κ2) is 8.92. The van der Waals surface area contributed by atoms with Gasteiger partial charge in [-0.1, -0.05) is 30.0 Å². The Morgan fingerprint density at radius 2 is 1.89 bits per heavy atom. The van der Waals surface area contributed by atoms with Crippen LogP contribution in [0.15, 0.2) is 66.0 Å². The standard InChI is InChI=1S/C20H17N3O3S/c1-27-20-22-14-18(23(20)16-5-3-2-4-6-16)19(24)26-12-11-25-17-9-7-15(13-21)8-10-17/h2-10,14H,11-12H2,1H3. The normalized spacial score (nSPS) is 10.2. The molecule has 0 amide bonds.